The summed E-state index contributed by atoms with van der Waals surface area (Å²) in [4.78, 5) is 1.32. The lowest BCUT2D eigenvalue weighted by molar-refractivity contribution is 1.18. The minimum Gasteiger partial charge on any atom is -0.398 e. The highest BCUT2D eigenvalue weighted by Gasteiger charge is 2.03. The standard InChI is InChI=1S/C12H13BrN2S/c1-8-5-12(10(13)6-11(8)14)15-7-9-3-2-4-16-9/h2-6,15H,7,14H2,1H3. The van der Waals surface area contributed by atoms with Gasteiger partial charge >= 0.3 is 0 Å². The van der Waals surface area contributed by atoms with E-state index >= 15 is 0 Å². The van der Waals surface area contributed by atoms with E-state index in [-0.39, 0.29) is 0 Å². The molecule has 0 aliphatic heterocycles. The second-order valence-electron chi connectivity index (χ2n) is 3.62. The number of nitrogen functional groups attached to an aromatic ring is 1. The number of rotatable bonds is 3. The number of thiophene rings is 1. The van der Waals surface area contributed by atoms with Crippen molar-refractivity contribution in [2.45, 2.75) is 13.5 Å². The fourth-order valence-electron chi connectivity index (χ4n) is 1.43. The van der Waals surface area contributed by atoms with Gasteiger partial charge in [0, 0.05) is 27.3 Å². The molecule has 4 heteroatoms. The number of nitrogens with one attached hydrogen (secondary N) is 1. The van der Waals surface area contributed by atoms with Crippen LogP contribution < -0.4 is 11.1 Å². The van der Waals surface area contributed by atoms with Gasteiger partial charge in [0.05, 0.1) is 0 Å². The van der Waals surface area contributed by atoms with Crippen LogP contribution in [0.25, 0.3) is 0 Å². The van der Waals surface area contributed by atoms with Crippen molar-refractivity contribution < 1.29 is 0 Å². The molecule has 1 aromatic carbocycles. The van der Waals surface area contributed by atoms with E-state index in [0.717, 1.165) is 28.0 Å². The Hall–Kier alpha value is -1.00. The zero-order valence-electron chi connectivity index (χ0n) is 8.96. The number of anilines is 2. The largest absolute Gasteiger partial charge is 0.398 e. The van der Waals surface area contributed by atoms with Crippen molar-refractivity contribution >= 4 is 38.6 Å². The lowest BCUT2D eigenvalue weighted by Crippen LogP contribution is -2.00. The van der Waals surface area contributed by atoms with Gasteiger partial charge in [0.25, 0.3) is 0 Å². The minimum absolute atomic E-state index is 0.813. The molecule has 0 atom stereocenters. The predicted molar refractivity (Wildman–Crippen MR) is 74.9 cm³/mol. The van der Waals surface area contributed by atoms with Crippen LogP contribution in [0.5, 0.6) is 0 Å². The molecule has 0 aliphatic rings. The Labute approximate surface area is 108 Å². The van der Waals surface area contributed by atoms with Crippen molar-refractivity contribution in [1.29, 1.82) is 0 Å². The average molecular weight is 297 g/mol. The summed E-state index contributed by atoms with van der Waals surface area (Å²) in [6, 6.07) is 8.18. The molecule has 0 radical (unpaired) electrons. The van der Waals surface area contributed by atoms with E-state index in [9.17, 15) is 0 Å². The van der Waals surface area contributed by atoms with Crippen LogP contribution in [0.15, 0.2) is 34.1 Å². The van der Waals surface area contributed by atoms with Crippen LogP contribution in [0.4, 0.5) is 11.4 Å². The lowest BCUT2D eigenvalue weighted by atomic mass is 10.2. The number of halogens is 1. The summed E-state index contributed by atoms with van der Waals surface area (Å²) in [5.74, 6) is 0. The van der Waals surface area contributed by atoms with Gasteiger partial charge in [-0.25, -0.2) is 0 Å². The van der Waals surface area contributed by atoms with E-state index in [1.54, 1.807) is 11.3 Å². The van der Waals surface area contributed by atoms with E-state index in [1.807, 2.05) is 13.0 Å². The lowest BCUT2D eigenvalue weighted by Gasteiger charge is -2.10. The molecule has 0 saturated carbocycles. The van der Waals surface area contributed by atoms with Gasteiger partial charge in [-0.2, -0.15) is 0 Å². The van der Waals surface area contributed by atoms with Gasteiger partial charge in [0.15, 0.2) is 0 Å². The molecule has 84 valence electrons. The van der Waals surface area contributed by atoms with Crippen molar-refractivity contribution in [3.8, 4) is 0 Å². The Morgan fingerprint density at radius 1 is 1.44 bits per heavy atom. The van der Waals surface area contributed by atoms with Crippen LogP contribution in [0.1, 0.15) is 10.4 Å². The van der Waals surface area contributed by atoms with E-state index in [0.29, 0.717) is 0 Å². The zero-order chi connectivity index (χ0) is 11.5. The summed E-state index contributed by atoms with van der Waals surface area (Å²) < 4.78 is 1.01. The molecule has 2 aromatic rings. The highest BCUT2D eigenvalue weighted by atomic mass is 79.9. The van der Waals surface area contributed by atoms with Gasteiger partial charge < -0.3 is 11.1 Å². The summed E-state index contributed by atoms with van der Waals surface area (Å²) in [5, 5.41) is 5.47. The first-order valence-corrected chi connectivity index (χ1v) is 6.66. The van der Waals surface area contributed by atoms with Crippen LogP contribution in [0, 0.1) is 6.92 Å². The number of nitrogens with two attached hydrogens (primary N) is 1. The molecule has 16 heavy (non-hydrogen) atoms. The van der Waals surface area contributed by atoms with Crippen molar-refractivity contribution in [1.82, 2.24) is 0 Å². The fraction of sp³-hybridized carbons (Fsp3) is 0.167. The third kappa shape index (κ3) is 2.57. The topological polar surface area (TPSA) is 38.0 Å². The monoisotopic (exact) mass is 296 g/mol. The number of aryl methyl sites for hydroxylation is 1. The molecule has 0 amide bonds. The Morgan fingerprint density at radius 3 is 2.94 bits per heavy atom. The molecule has 2 nitrogen and oxygen atoms in total. The second kappa shape index (κ2) is 4.89. The van der Waals surface area contributed by atoms with Crippen LogP contribution >= 0.6 is 27.3 Å². The normalized spacial score (nSPS) is 10.4. The molecule has 0 aliphatic carbocycles. The Morgan fingerprint density at radius 2 is 2.25 bits per heavy atom. The van der Waals surface area contributed by atoms with E-state index in [1.165, 1.54) is 4.88 Å². The van der Waals surface area contributed by atoms with Crippen molar-refractivity contribution in [3.63, 3.8) is 0 Å². The van der Waals surface area contributed by atoms with E-state index in [2.05, 4.69) is 44.8 Å². The maximum absolute atomic E-state index is 5.82. The van der Waals surface area contributed by atoms with E-state index < -0.39 is 0 Å². The third-order valence-corrected chi connectivity index (χ3v) is 3.92. The molecule has 0 spiro atoms. The average Bonchev–Trinajstić information content (AvgIpc) is 2.74. The van der Waals surface area contributed by atoms with Crippen molar-refractivity contribution in [3.05, 3.63) is 44.6 Å². The molecule has 0 bridgehead atoms. The van der Waals surface area contributed by atoms with Gasteiger partial charge in [-0.15, -0.1) is 11.3 Å². The Balaban J connectivity index is 2.12. The van der Waals surface area contributed by atoms with Crippen molar-refractivity contribution in [2.24, 2.45) is 0 Å². The summed E-state index contributed by atoms with van der Waals surface area (Å²) in [7, 11) is 0. The first-order valence-electron chi connectivity index (χ1n) is 4.98. The molecular formula is C12H13BrN2S. The summed E-state index contributed by atoms with van der Waals surface area (Å²) in [6.07, 6.45) is 0. The van der Waals surface area contributed by atoms with Crippen LogP contribution in [0.3, 0.4) is 0 Å². The molecule has 0 saturated heterocycles. The molecule has 0 fully saturated rings. The first-order chi connectivity index (χ1) is 7.66. The SMILES string of the molecule is Cc1cc(NCc2cccs2)c(Br)cc1N. The van der Waals surface area contributed by atoms with Gasteiger partial charge in [0.2, 0.25) is 0 Å². The van der Waals surface area contributed by atoms with Gasteiger partial charge in [-0.1, -0.05) is 6.07 Å². The van der Waals surface area contributed by atoms with Gasteiger partial charge in [-0.3, -0.25) is 0 Å². The second-order valence-corrected chi connectivity index (χ2v) is 5.51. The smallest absolute Gasteiger partial charge is 0.0494 e. The molecular weight excluding hydrogens is 284 g/mol. The van der Waals surface area contributed by atoms with E-state index in [4.69, 9.17) is 5.73 Å². The third-order valence-electron chi connectivity index (χ3n) is 2.39. The Bertz CT molecular complexity index is 480. The molecule has 3 N–H and O–H groups in total. The first kappa shape index (κ1) is 11.5. The highest BCUT2D eigenvalue weighted by Crippen LogP contribution is 2.28. The number of hydrogen-bond acceptors (Lipinski definition) is 3. The highest BCUT2D eigenvalue weighted by molar-refractivity contribution is 9.10. The summed E-state index contributed by atoms with van der Waals surface area (Å²) in [5.41, 5.74) is 8.82. The zero-order valence-corrected chi connectivity index (χ0v) is 11.4. The predicted octanol–water partition coefficient (Wildman–Crippen LogP) is 4.01. The van der Waals surface area contributed by atoms with Crippen LogP contribution in [-0.4, -0.2) is 0 Å². The van der Waals surface area contributed by atoms with Gasteiger partial charge in [0.1, 0.15) is 0 Å². The summed E-state index contributed by atoms with van der Waals surface area (Å²) >= 11 is 5.26. The Kier molecular flexibility index (Phi) is 3.51. The van der Waals surface area contributed by atoms with Crippen LogP contribution in [-0.2, 0) is 6.54 Å². The molecule has 2 rings (SSSR count). The molecule has 1 aromatic heterocycles. The van der Waals surface area contributed by atoms with Crippen LogP contribution in [0.2, 0.25) is 0 Å². The maximum atomic E-state index is 5.82. The molecule has 0 unspecified atom stereocenters. The minimum atomic E-state index is 0.813. The summed E-state index contributed by atoms with van der Waals surface area (Å²) in [6.45, 7) is 2.86. The maximum Gasteiger partial charge on any atom is 0.0494 e. The number of benzene rings is 1. The quantitative estimate of drug-likeness (QED) is 0.840. The number of hydrogen-bond donors (Lipinski definition) is 2. The fourth-order valence-corrected chi connectivity index (χ4v) is 2.57. The van der Waals surface area contributed by atoms with Gasteiger partial charge in [-0.05, 0) is 52.0 Å². The van der Waals surface area contributed by atoms with Crippen molar-refractivity contribution in [2.75, 3.05) is 11.1 Å². The molecule has 1 heterocycles.